The Bertz CT molecular complexity index is 568. The average Bonchev–Trinajstić information content (AvgIpc) is 2.46. The molecule has 0 unspecified atom stereocenters. The summed E-state index contributed by atoms with van der Waals surface area (Å²) in [4.78, 5) is 23.2. The first-order chi connectivity index (χ1) is 9.93. The SMILES string of the molecule is CCC1CCN(c2cc(C(=O)O)c(F)cc2[N+](=O)[O-])CC1. The summed E-state index contributed by atoms with van der Waals surface area (Å²) in [6, 6.07) is 1.77. The molecule has 1 aromatic carbocycles. The Morgan fingerprint density at radius 3 is 2.57 bits per heavy atom. The molecule has 21 heavy (non-hydrogen) atoms. The van der Waals surface area contributed by atoms with Crippen LogP contribution in [0.25, 0.3) is 0 Å². The first kappa shape index (κ1) is 15.2. The molecule has 0 saturated carbocycles. The van der Waals surface area contributed by atoms with E-state index in [1.165, 1.54) is 0 Å². The van der Waals surface area contributed by atoms with E-state index in [-0.39, 0.29) is 11.4 Å². The number of piperidine rings is 1. The predicted octanol–water partition coefficient (Wildman–Crippen LogP) is 3.06. The summed E-state index contributed by atoms with van der Waals surface area (Å²) in [5, 5.41) is 20.1. The van der Waals surface area contributed by atoms with Gasteiger partial charge in [-0.1, -0.05) is 13.3 Å². The number of carboxylic acids is 1. The number of aromatic carboxylic acids is 1. The Balaban J connectivity index is 2.39. The lowest BCUT2D eigenvalue weighted by Crippen LogP contribution is -2.34. The molecular formula is C14H17FN2O4. The number of anilines is 1. The van der Waals surface area contributed by atoms with Gasteiger partial charge in [0.2, 0.25) is 0 Å². The topological polar surface area (TPSA) is 83.7 Å². The highest BCUT2D eigenvalue weighted by molar-refractivity contribution is 5.90. The fourth-order valence-electron chi connectivity index (χ4n) is 2.70. The molecule has 1 aliphatic rings. The number of halogens is 1. The van der Waals surface area contributed by atoms with E-state index in [0.717, 1.165) is 25.3 Å². The first-order valence-electron chi connectivity index (χ1n) is 6.90. The zero-order valence-corrected chi connectivity index (χ0v) is 11.7. The fourth-order valence-corrected chi connectivity index (χ4v) is 2.70. The van der Waals surface area contributed by atoms with E-state index in [2.05, 4.69) is 6.92 Å². The van der Waals surface area contributed by atoms with Crippen molar-refractivity contribution in [2.75, 3.05) is 18.0 Å². The van der Waals surface area contributed by atoms with E-state index < -0.39 is 22.3 Å². The molecule has 0 aromatic heterocycles. The van der Waals surface area contributed by atoms with Crippen molar-refractivity contribution in [2.24, 2.45) is 5.92 Å². The van der Waals surface area contributed by atoms with Gasteiger partial charge in [-0.15, -0.1) is 0 Å². The molecule has 0 radical (unpaired) electrons. The van der Waals surface area contributed by atoms with Gasteiger partial charge >= 0.3 is 5.97 Å². The lowest BCUT2D eigenvalue weighted by molar-refractivity contribution is -0.384. The summed E-state index contributed by atoms with van der Waals surface area (Å²) < 4.78 is 13.6. The summed E-state index contributed by atoms with van der Waals surface area (Å²) in [7, 11) is 0. The Kier molecular flexibility index (Phi) is 4.40. The van der Waals surface area contributed by atoms with E-state index in [4.69, 9.17) is 5.11 Å². The largest absolute Gasteiger partial charge is 0.478 e. The van der Waals surface area contributed by atoms with Gasteiger partial charge in [-0.25, -0.2) is 9.18 Å². The van der Waals surface area contributed by atoms with Crippen LogP contribution in [0.5, 0.6) is 0 Å². The second-order valence-corrected chi connectivity index (χ2v) is 5.22. The first-order valence-corrected chi connectivity index (χ1v) is 6.90. The third-order valence-corrected chi connectivity index (χ3v) is 4.02. The molecule has 1 N–H and O–H groups in total. The summed E-state index contributed by atoms with van der Waals surface area (Å²) in [5.74, 6) is -1.92. The van der Waals surface area contributed by atoms with Crippen molar-refractivity contribution in [1.82, 2.24) is 0 Å². The molecule has 1 fully saturated rings. The standard InChI is InChI=1S/C14H17FN2O4/c1-2-9-3-5-16(6-4-9)12-7-10(14(18)19)11(15)8-13(12)17(20)21/h7-9H,2-6H2,1H3,(H,18,19). The quantitative estimate of drug-likeness (QED) is 0.682. The Hall–Kier alpha value is -2.18. The van der Waals surface area contributed by atoms with Crippen LogP contribution in [0.1, 0.15) is 36.5 Å². The molecule has 1 aliphatic heterocycles. The molecular weight excluding hydrogens is 279 g/mol. The van der Waals surface area contributed by atoms with Gasteiger partial charge in [0.25, 0.3) is 5.69 Å². The normalized spacial score (nSPS) is 16.0. The van der Waals surface area contributed by atoms with E-state index in [9.17, 15) is 19.3 Å². The fraction of sp³-hybridized carbons (Fsp3) is 0.500. The number of benzene rings is 1. The molecule has 0 spiro atoms. The molecule has 1 aromatic rings. The van der Waals surface area contributed by atoms with Crippen LogP contribution in [0.4, 0.5) is 15.8 Å². The van der Waals surface area contributed by atoms with E-state index in [1.54, 1.807) is 4.90 Å². The maximum absolute atomic E-state index is 13.6. The highest BCUT2D eigenvalue weighted by Gasteiger charge is 2.27. The molecule has 0 amide bonds. The lowest BCUT2D eigenvalue weighted by Gasteiger charge is -2.33. The van der Waals surface area contributed by atoms with Crippen molar-refractivity contribution < 1.29 is 19.2 Å². The van der Waals surface area contributed by atoms with Crippen molar-refractivity contribution in [3.8, 4) is 0 Å². The Morgan fingerprint density at radius 1 is 1.48 bits per heavy atom. The lowest BCUT2D eigenvalue weighted by atomic mass is 9.94. The summed E-state index contributed by atoms with van der Waals surface area (Å²) in [5.41, 5.74) is -0.728. The van der Waals surface area contributed by atoms with Crippen molar-refractivity contribution in [3.63, 3.8) is 0 Å². The molecule has 0 bridgehead atoms. The van der Waals surface area contributed by atoms with Crippen LogP contribution < -0.4 is 4.90 Å². The second kappa shape index (κ2) is 6.07. The zero-order chi connectivity index (χ0) is 15.6. The van der Waals surface area contributed by atoms with Crippen molar-refractivity contribution in [2.45, 2.75) is 26.2 Å². The Morgan fingerprint density at radius 2 is 2.10 bits per heavy atom. The van der Waals surface area contributed by atoms with Crippen LogP contribution in [-0.2, 0) is 0 Å². The number of carbonyl (C=O) groups is 1. The summed E-state index contributed by atoms with van der Waals surface area (Å²) in [6.45, 7) is 3.33. The summed E-state index contributed by atoms with van der Waals surface area (Å²) >= 11 is 0. The number of nitro benzene ring substituents is 1. The van der Waals surface area contributed by atoms with Crippen LogP contribution in [-0.4, -0.2) is 29.1 Å². The monoisotopic (exact) mass is 296 g/mol. The maximum atomic E-state index is 13.6. The third kappa shape index (κ3) is 3.12. The van der Waals surface area contributed by atoms with E-state index in [1.807, 2.05) is 0 Å². The van der Waals surface area contributed by atoms with Gasteiger partial charge in [0.1, 0.15) is 11.5 Å². The highest BCUT2D eigenvalue weighted by Crippen LogP contribution is 2.34. The maximum Gasteiger partial charge on any atom is 0.338 e. The number of nitro groups is 1. The number of carboxylic acid groups (broad SMARTS) is 1. The van der Waals surface area contributed by atoms with Gasteiger partial charge in [-0.3, -0.25) is 10.1 Å². The van der Waals surface area contributed by atoms with Gasteiger partial charge in [-0.05, 0) is 24.8 Å². The minimum atomic E-state index is -1.42. The molecule has 0 aliphatic carbocycles. The van der Waals surface area contributed by atoms with E-state index >= 15 is 0 Å². The minimum Gasteiger partial charge on any atom is -0.478 e. The van der Waals surface area contributed by atoms with Gasteiger partial charge in [0, 0.05) is 13.1 Å². The van der Waals surface area contributed by atoms with E-state index in [0.29, 0.717) is 25.1 Å². The molecule has 1 heterocycles. The number of nitrogens with zero attached hydrogens (tertiary/aromatic N) is 2. The molecule has 6 nitrogen and oxygen atoms in total. The van der Waals surface area contributed by atoms with Crippen LogP contribution >= 0.6 is 0 Å². The second-order valence-electron chi connectivity index (χ2n) is 5.22. The Labute approximate surface area is 121 Å². The van der Waals surface area contributed by atoms with Crippen molar-refractivity contribution in [3.05, 3.63) is 33.6 Å². The minimum absolute atomic E-state index is 0.188. The molecule has 0 atom stereocenters. The number of rotatable bonds is 4. The number of hydrogen-bond donors (Lipinski definition) is 1. The molecule has 7 heteroatoms. The van der Waals surface area contributed by atoms with Gasteiger partial charge < -0.3 is 10.0 Å². The van der Waals surface area contributed by atoms with Crippen LogP contribution in [0, 0.1) is 21.8 Å². The molecule has 114 valence electrons. The summed E-state index contributed by atoms with van der Waals surface area (Å²) in [6.07, 6.45) is 2.85. The van der Waals surface area contributed by atoms with Crippen molar-refractivity contribution in [1.29, 1.82) is 0 Å². The number of hydrogen-bond acceptors (Lipinski definition) is 4. The predicted molar refractivity (Wildman–Crippen MR) is 75.2 cm³/mol. The van der Waals surface area contributed by atoms with Crippen LogP contribution in [0.3, 0.4) is 0 Å². The van der Waals surface area contributed by atoms with Gasteiger partial charge in [0.15, 0.2) is 0 Å². The zero-order valence-electron chi connectivity index (χ0n) is 11.7. The third-order valence-electron chi connectivity index (χ3n) is 4.02. The average molecular weight is 296 g/mol. The molecule has 1 saturated heterocycles. The van der Waals surface area contributed by atoms with Crippen molar-refractivity contribution >= 4 is 17.3 Å². The van der Waals surface area contributed by atoms with Gasteiger partial charge in [0.05, 0.1) is 16.6 Å². The van der Waals surface area contributed by atoms with Gasteiger partial charge in [-0.2, -0.15) is 0 Å². The molecule has 2 rings (SSSR count). The van der Waals surface area contributed by atoms with Crippen LogP contribution in [0.15, 0.2) is 12.1 Å². The van der Waals surface area contributed by atoms with Crippen LogP contribution in [0.2, 0.25) is 0 Å². The highest BCUT2D eigenvalue weighted by atomic mass is 19.1. The smallest absolute Gasteiger partial charge is 0.338 e.